The van der Waals surface area contributed by atoms with Crippen molar-refractivity contribution in [2.75, 3.05) is 6.54 Å². The molecule has 0 saturated heterocycles. The second kappa shape index (κ2) is 5.30. The van der Waals surface area contributed by atoms with Gasteiger partial charge in [0.1, 0.15) is 0 Å². The molecule has 0 amide bonds. The summed E-state index contributed by atoms with van der Waals surface area (Å²) in [5.41, 5.74) is 0.810. The van der Waals surface area contributed by atoms with E-state index in [1.807, 2.05) is 25.2 Å². The summed E-state index contributed by atoms with van der Waals surface area (Å²) in [7, 11) is 0. The lowest BCUT2D eigenvalue weighted by Crippen LogP contribution is -2.28. The van der Waals surface area contributed by atoms with Gasteiger partial charge in [-0.2, -0.15) is 0 Å². The minimum Gasteiger partial charge on any atom is -0.390 e. The summed E-state index contributed by atoms with van der Waals surface area (Å²) in [6, 6.07) is 2.62. The molecule has 1 aromatic rings. The van der Waals surface area contributed by atoms with Crippen molar-refractivity contribution in [1.82, 2.24) is 5.32 Å². The highest BCUT2D eigenvalue weighted by Gasteiger charge is 2.14. The SMILES string of the molecule is Cc1cc(C(C)NCCC(C)(C)O)c(C)s1. The van der Waals surface area contributed by atoms with E-state index >= 15 is 0 Å². The molecular formula is C13H23NOS. The number of rotatable bonds is 5. The second-order valence-electron chi connectivity index (χ2n) is 5.11. The smallest absolute Gasteiger partial charge is 0.0603 e. The number of hydrogen-bond donors (Lipinski definition) is 2. The summed E-state index contributed by atoms with van der Waals surface area (Å²) >= 11 is 1.85. The van der Waals surface area contributed by atoms with E-state index in [1.165, 1.54) is 15.3 Å². The molecule has 1 atom stereocenters. The number of aliphatic hydroxyl groups is 1. The maximum atomic E-state index is 9.62. The van der Waals surface area contributed by atoms with Crippen molar-refractivity contribution in [1.29, 1.82) is 0 Å². The Labute approximate surface area is 103 Å². The van der Waals surface area contributed by atoms with Gasteiger partial charge in [0.2, 0.25) is 0 Å². The Hall–Kier alpha value is -0.380. The molecule has 0 aliphatic carbocycles. The van der Waals surface area contributed by atoms with Crippen LogP contribution in [0.15, 0.2) is 6.07 Å². The maximum Gasteiger partial charge on any atom is 0.0603 e. The van der Waals surface area contributed by atoms with E-state index in [9.17, 15) is 5.11 Å². The average Bonchev–Trinajstić information content (AvgIpc) is 2.43. The molecule has 2 N–H and O–H groups in total. The molecule has 0 aliphatic rings. The normalized spacial score (nSPS) is 14.1. The third-order valence-corrected chi connectivity index (χ3v) is 3.71. The highest BCUT2D eigenvalue weighted by atomic mass is 32.1. The molecule has 1 heterocycles. The van der Waals surface area contributed by atoms with Gasteiger partial charge in [-0.1, -0.05) is 0 Å². The predicted octanol–water partition coefficient (Wildman–Crippen LogP) is 3.18. The fourth-order valence-electron chi connectivity index (χ4n) is 1.78. The second-order valence-corrected chi connectivity index (χ2v) is 6.57. The average molecular weight is 241 g/mol. The van der Waals surface area contributed by atoms with E-state index in [1.54, 1.807) is 0 Å². The number of aryl methyl sites for hydroxylation is 2. The Kier molecular flexibility index (Phi) is 4.53. The van der Waals surface area contributed by atoms with Crippen molar-refractivity contribution in [3.8, 4) is 0 Å². The summed E-state index contributed by atoms with van der Waals surface area (Å²) in [5.74, 6) is 0. The number of thiophene rings is 1. The van der Waals surface area contributed by atoms with E-state index in [2.05, 4.69) is 32.2 Å². The van der Waals surface area contributed by atoms with Crippen LogP contribution in [0.1, 0.15) is 48.6 Å². The van der Waals surface area contributed by atoms with Gasteiger partial charge >= 0.3 is 0 Å². The van der Waals surface area contributed by atoms with Crippen LogP contribution in [0.2, 0.25) is 0 Å². The topological polar surface area (TPSA) is 32.3 Å². The van der Waals surface area contributed by atoms with Gasteiger partial charge in [-0.15, -0.1) is 11.3 Å². The van der Waals surface area contributed by atoms with Crippen LogP contribution < -0.4 is 5.32 Å². The molecule has 0 radical (unpaired) electrons. The molecule has 0 aromatic carbocycles. The minimum atomic E-state index is -0.577. The van der Waals surface area contributed by atoms with Crippen LogP contribution in [-0.4, -0.2) is 17.3 Å². The molecule has 92 valence electrons. The Balaban J connectivity index is 2.47. The molecule has 16 heavy (non-hydrogen) atoms. The molecule has 0 aliphatic heterocycles. The molecule has 0 bridgehead atoms. The maximum absolute atomic E-state index is 9.62. The Morgan fingerprint density at radius 3 is 2.50 bits per heavy atom. The van der Waals surface area contributed by atoms with Crippen LogP contribution in [0.25, 0.3) is 0 Å². The van der Waals surface area contributed by atoms with Crippen LogP contribution in [-0.2, 0) is 0 Å². The van der Waals surface area contributed by atoms with E-state index < -0.39 is 5.60 Å². The van der Waals surface area contributed by atoms with E-state index in [0.29, 0.717) is 6.04 Å². The van der Waals surface area contributed by atoms with Crippen LogP contribution in [0.4, 0.5) is 0 Å². The zero-order valence-corrected chi connectivity index (χ0v) is 11.7. The molecule has 0 fully saturated rings. The van der Waals surface area contributed by atoms with Crippen LogP contribution >= 0.6 is 11.3 Å². The summed E-state index contributed by atoms with van der Waals surface area (Å²) < 4.78 is 0. The Bertz CT molecular complexity index is 338. The van der Waals surface area contributed by atoms with Gasteiger partial charge in [-0.05, 0) is 59.2 Å². The lowest BCUT2D eigenvalue weighted by Gasteiger charge is -2.20. The predicted molar refractivity (Wildman–Crippen MR) is 71.1 cm³/mol. The summed E-state index contributed by atoms with van der Waals surface area (Å²) in [6.07, 6.45) is 0.777. The Morgan fingerprint density at radius 1 is 1.44 bits per heavy atom. The van der Waals surface area contributed by atoms with E-state index in [-0.39, 0.29) is 0 Å². The highest BCUT2D eigenvalue weighted by molar-refractivity contribution is 7.12. The van der Waals surface area contributed by atoms with Gasteiger partial charge in [-0.3, -0.25) is 0 Å². The van der Waals surface area contributed by atoms with Crippen molar-refractivity contribution >= 4 is 11.3 Å². The van der Waals surface area contributed by atoms with E-state index in [4.69, 9.17) is 0 Å². The van der Waals surface area contributed by atoms with Crippen molar-refractivity contribution in [2.45, 2.75) is 52.7 Å². The zero-order chi connectivity index (χ0) is 12.3. The fraction of sp³-hybridized carbons (Fsp3) is 0.692. The first-order valence-electron chi connectivity index (χ1n) is 5.82. The van der Waals surface area contributed by atoms with Crippen molar-refractivity contribution in [3.05, 3.63) is 21.4 Å². The fourth-order valence-corrected chi connectivity index (χ4v) is 2.81. The van der Waals surface area contributed by atoms with Gasteiger partial charge < -0.3 is 10.4 Å². The third kappa shape index (κ3) is 4.24. The van der Waals surface area contributed by atoms with Gasteiger partial charge in [0.15, 0.2) is 0 Å². The standard InChI is InChI=1S/C13H23NOS/c1-9-8-12(11(3)16-9)10(2)14-7-6-13(4,5)15/h8,10,14-15H,6-7H2,1-5H3. The lowest BCUT2D eigenvalue weighted by molar-refractivity contribution is 0.0705. The van der Waals surface area contributed by atoms with Gasteiger partial charge in [0.05, 0.1) is 5.60 Å². The first-order valence-corrected chi connectivity index (χ1v) is 6.64. The van der Waals surface area contributed by atoms with Crippen LogP contribution in [0.5, 0.6) is 0 Å². The molecule has 2 nitrogen and oxygen atoms in total. The van der Waals surface area contributed by atoms with Crippen LogP contribution in [0, 0.1) is 13.8 Å². The molecule has 1 aromatic heterocycles. The van der Waals surface area contributed by atoms with Crippen LogP contribution in [0.3, 0.4) is 0 Å². The molecule has 0 spiro atoms. The quantitative estimate of drug-likeness (QED) is 0.830. The van der Waals surface area contributed by atoms with Crippen molar-refractivity contribution < 1.29 is 5.11 Å². The first-order chi connectivity index (χ1) is 7.29. The minimum absolute atomic E-state index is 0.368. The molecular weight excluding hydrogens is 218 g/mol. The summed E-state index contributed by atoms with van der Waals surface area (Å²) in [4.78, 5) is 2.75. The Morgan fingerprint density at radius 2 is 2.06 bits per heavy atom. The lowest BCUT2D eigenvalue weighted by atomic mass is 10.0. The van der Waals surface area contributed by atoms with Gasteiger partial charge in [-0.25, -0.2) is 0 Å². The zero-order valence-electron chi connectivity index (χ0n) is 10.9. The number of hydrogen-bond acceptors (Lipinski definition) is 3. The monoisotopic (exact) mass is 241 g/mol. The summed E-state index contributed by atoms with van der Waals surface area (Å²) in [5, 5.41) is 13.1. The van der Waals surface area contributed by atoms with Crippen molar-refractivity contribution in [3.63, 3.8) is 0 Å². The molecule has 0 saturated carbocycles. The first kappa shape index (κ1) is 13.7. The van der Waals surface area contributed by atoms with E-state index in [0.717, 1.165) is 13.0 Å². The van der Waals surface area contributed by atoms with Crippen molar-refractivity contribution in [2.24, 2.45) is 0 Å². The molecule has 3 heteroatoms. The third-order valence-electron chi connectivity index (χ3n) is 2.73. The largest absolute Gasteiger partial charge is 0.390 e. The van der Waals surface area contributed by atoms with Gasteiger partial charge in [0, 0.05) is 15.8 Å². The van der Waals surface area contributed by atoms with Gasteiger partial charge in [0.25, 0.3) is 0 Å². The summed E-state index contributed by atoms with van der Waals surface area (Å²) in [6.45, 7) is 11.0. The molecule has 1 unspecified atom stereocenters. The highest BCUT2D eigenvalue weighted by Crippen LogP contribution is 2.26. The number of nitrogens with one attached hydrogen (secondary N) is 1. The molecule has 1 rings (SSSR count).